The molecule has 0 aliphatic rings. The van der Waals surface area contributed by atoms with Gasteiger partial charge in [-0.3, -0.25) is 10.2 Å². The summed E-state index contributed by atoms with van der Waals surface area (Å²) in [6.45, 7) is 1.54. The number of amides is 1. The predicted molar refractivity (Wildman–Crippen MR) is 41.3 cm³/mol. The highest BCUT2D eigenvalue weighted by Gasteiger charge is 2.09. The van der Waals surface area contributed by atoms with Crippen LogP contribution in [0.2, 0.25) is 0 Å². The maximum atomic E-state index is 10.8. The molecule has 0 atom stereocenters. The fourth-order valence-corrected chi connectivity index (χ4v) is 1.25. The molecule has 0 heterocycles. The SMILES string of the molecule is CCS(=O)(=O)CCC(=O)NN. The molecule has 11 heavy (non-hydrogen) atoms. The molecule has 0 fully saturated rings. The van der Waals surface area contributed by atoms with Crippen molar-refractivity contribution in [3.63, 3.8) is 0 Å². The first-order valence-electron chi connectivity index (χ1n) is 3.21. The molecule has 5 nitrogen and oxygen atoms in total. The standard InChI is InChI=1S/C5H12N2O3S/c1-2-11(9,10)4-3-5(8)7-6/h2-4,6H2,1H3,(H,7,8). The molecule has 0 saturated carbocycles. The van der Waals surface area contributed by atoms with Crippen molar-refractivity contribution in [2.75, 3.05) is 11.5 Å². The van der Waals surface area contributed by atoms with Gasteiger partial charge in [0.15, 0.2) is 9.84 Å². The van der Waals surface area contributed by atoms with Crippen molar-refractivity contribution >= 4 is 15.7 Å². The van der Waals surface area contributed by atoms with Crippen LogP contribution in [0.3, 0.4) is 0 Å². The molecule has 0 aromatic carbocycles. The minimum Gasteiger partial charge on any atom is -0.294 e. The second-order valence-electron chi connectivity index (χ2n) is 2.05. The molecule has 0 saturated heterocycles. The Labute approximate surface area is 65.8 Å². The number of carbonyl (C=O) groups is 1. The van der Waals surface area contributed by atoms with Crippen LogP contribution < -0.4 is 11.3 Å². The van der Waals surface area contributed by atoms with Crippen molar-refractivity contribution in [1.29, 1.82) is 0 Å². The summed E-state index contributed by atoms with van der Waals surface area (Å²) in [5, 5.41) is 0. The maximum Gasteiger partial charge on any atom is 0.234 e. The van der Waals surface area contributed by atoms with E-state index in [1.54, 1.807) is 0 Å². The van der Waals surface area contributed by atoms with Crippen LogP contribution in [-0.2, 0) is 14.6 Å². The smallest absolute Gasteiger partial charge is 0.234 e. The van der Waals surface area contributed by atoms with Crippen molar-refractivity contribution in [3.8, 4) is 0 Å². The van der Waals surface area contributed by atoms with Crippen LogP contribution in [-0.4, -0.2) is 25.8 Å². The van der Waals surface area contributed by atoms with Gasteiger partial charge in [0.05, 0.1) is 5.75 Å². The molecule has 0 radical (unpaired) electrons. The van der Waals surface area contributed by atoms with E-state index in [0.717, 1.165) is 0 Å². The number of rotatable bonds is 4. The van der Waals surface area contributed by atoms with Gasteiger partial charge in [-0.25, -0.2) is 14.3 Å². The average molecular weight is 180 g/mol. The van der Waals surface area contributed by atoms with Crippen molar-refractivity contribution in [2.24, 2.45) is 5.84 Å². The van der Waals surface area contributed by atoms with Crippen LogP contribution >= 0.6 is 0 Å². The van der Waals surface area contributed by atoms with Gasteiger partial charge in [0.1, 0.15) is 0 Å². The number of hydrogen-bond acceptors (Lipinski definition) is 4. The number of nitrogens with two attached hydrogens (primary N) is 1. The molecule has 0 aromatic heterocycles. The zero-order valence-electron chi connectivity index (χ0n) is 6.33. The second-order valence-corrected chi connectivity index (χ2v) is 4.53. The third-order valence-corrected chi connectivity index (χ3v) is 2.95. The number of hydrazine groups is 1. The first kappa shape index (κ1) is 10.4. The summed E-state index contributed by atoms with van der Waals surface area (Å²) in [6, 6.07) is 0. The molecular weight excluding hydrogens is 168 g/mol. The topological polar surface area (TPSA) is 89.3 Å². The van der Waals surface area contributed by atoms with Crippen LogP contribution in [0.1, 0.15) is 13.3 Å². The Morgan fingerprint density at radius 2 is 2.09 bits per heavy atom. The minimum atomic E-state index is -3.04. The first-order chi connectivity index (χ1) is 5.02. The molecule has 3 N–H and O–H groups in total. The predicted octanol–water partition coefficient (Wildman–Crippen LogP) is -1.20. The average Bonchev–Trinajstić information content (AvgIpc) is 2.00. The van der Waals surface area contributed by atoms with E-state index in [9.17, 15) is 13.2 Å². The van der Waals surface area contributed by atoms with E-state index in [1.165, 1.54) is 6.92 Å². The van der Waals surface area contributed by atoms with Crippen LogP contribution in [0.25, 0.3) is 0 Å². The summed E-state index contributed by atoms with van der Waals surface area (Å²) in [5.41, 5.74) is 1.86. The van der Waals surface area contributed by atoms with Gasteiger partial charge in [-0.1, -0.05) is 6.92 Å². The summed E-state index contributed by atoms with van der Waals surface area (Å²) in [7, 11) is -3.04. The van der Waals surface area contributed by atoms with E-state index in [4.69, 9.17) is 5.84 Å². The van der Waals surface area contributed by atoms with E-state index in [1.807, 2.05) is 5.43 Å². The summed E-state index contributed by atoms with van der Waals surface area (Å²) in [6.07, 6.45) is -0.0628. The monoisotopic (exact) mass is 180 g/mol. The quantitative estimate of drug-likeness (QED) is 0.323. The molecule has 0 aliphatic carbocycles. The van der Waals surface area contributed by atoms with Gasteiger partial charge >= 0.3 is 0 Å². The third kappa shape index (κ3) is 4.74. The Balaban J connectivity index is 3.80. The molecule has 6 heteroatoms. The maximum absolute atomic E-state index is 10.8. The van der Waals surface area contributed by atoms with Gasteiger partial charge in [0.2, 0.25) is 5.91 Å². The molecule has 0 spiro atoms. The van der Waals surface area contributed by atoms with Crippen LogP contribution in [0.15, 0.2) is 0 Å². The molecule has 0 aromatic rings. The molecule has 0 bridgehead atoms. The Morgan fingerprint density at radius 3 is 2.45 bits per heavy atom. The highest BCUT2D eigenvalue weighted by Crippen LogP contribution is 1.92. The van der Waals surface area contributed by atoms with Gasteiger partial charge in [0, 0.05) is 12.2 Å². The fourth-order valence-electron chi connectivity index (χ4n) is 0.465. The molecule has 1 amide bonds. The van der Waals surface area contributed by atoms with Gasteiger partial charge < -0.3 is 0 Å². The van der Waals surface area contributed by atoms with E-state index < -0.39 is 15.7 Å². The summed E-state index contributed by atoms with van der Waals surface area (Å²) < 4.78 is 21.6. The highest BCUT2D eigenvalue weighted by atomic mass is 32.2. The van der Waals surface area contributed by atoms with E-state index >= 15 is 0 Å². The first-order valence-corrected chi connectivity index (χ1v) is 5.04. The van der Waals surface area contributed by atoms with Crippen molar-refractivity contribution in [2.45, 2.75) is 13.3 Å². The van der Waals surface area contributed by atoms with Crippen molar-refractivity contribution < 1.29 is 13.2 Å². The zero-order valence-corrected chi connectivity index (χ0v) is 7.15. The van der Waals surface area contributed by atoms with Crippen molar-refractivity contribution in [1.82, 2.24) is 5.43 Å². The lowest BCUT2D eigenvalue weighted by molar-refractivity contribution is -0.120. The zero-order chi connectivity index (χ0) is 8.91. The number of hydrogen-bond donors (Lipinski definition) is 2. The summed E-state index contributed by atoms with van der Waals surface area (Å²) >= 11 is 0. The number of nitrogens with one attached hydrogen (secondary N) is 1. The van der Waals surface area contributed by atoms with Gasteiger partial charge in [-0.15, -0.1) is 0 Å². The lowest BCUT2D eigenvalue weighted by Crippen LogP contribution is -2.31. The van der Waals surface area contributed by atoms with Gasteiger partial charge in [0.25, 0.3) is 0 Å². The lowest BCUT2D eigenvalue weighted by atomic mass is 10.5. The Bertz CT molecular complexity index is 222. The Hall–Kier alpha value is -0.620. The van der Waals surface area contributed by atoms with Crippen molar-refractivity contribution in [3.05, 3.63) is 0 Å². The summed E-state index contributed by atoms with van der Waals surface area (Å²) in [5.74, 6) is 4.22. The normalized spacial score (nSPS) is 11.1. The molecule has 0 aliphatic heterocycles. The second kappa shape index (κ2) is 4.30. The van der Waals surface area contributed by atoms with Crippen LogP contribution in [0.5, 0.6) is 0 Å². The largest absolute Gasteiger partial charge is 0.294 e. The highest BCUT2D eigenvalue weighted by molar-refractivity contribution is 7.91. The van der Waals surface area contributed by atoms with E-state index in [2.05, 4.69) is 0 Å². The molecule has 66 valence electrons. The van der Waals surface area contributed by atoms with Gasteiger partial charge in [-0.05, 0) is 0 Å². The Morgan fingerprint density at radius 1 is 1.55 bits per heavy atom. The number of sulfone groups is 1. The minimum absolute atomic E-state index is 0.0604. The van der Waals surface area contributed by atoms with E-state index in [0.29, 0.717) is 0 Å². The van der Waals surface area contributed by atoms with Gasteiger partial charge in [-0.2, -0.15) is 0 Å². The van der Waals surface area contributed by atoms with E-state index in [-0.39, 0.29) is 17.9 Å². The lowest BCUT2D eigenvalue weighted by Gasteiger charge is -1.98. The molecule has 0 unspecified atom stereocenters. The number of carbonyl (C=O) groups excluding carboxylic acids is 1. The fraction of sp³-hybridized carbons (Fsp3) is 0.800. The molecule has 0 rings (SSSR count). The Kier molecular flexibility index (Phi) is 4.06. The van der Waals surface area contributed by atoms with Crippen LogP contribution in [0.4, 0.5) is 0 Å². The summed E-state index contributed by atoms with van der Waals surface area (Å²) in [4.78, 5) is 10.5. The third-order valence-electron chi connectivity index (χ3n) is 1.24. The molecular formula is C5H12N2O3S. The van der Waals surface area contributed by atoms with Crippen LogP contribution in [0, 0.1) is 0 Å².